The predicted molar refractivity (Wildman–Crippen MR) is 125 cm³/mol. The van der Waals surface area contributed by atoms with E-state index in [0.29, 0.717) is 23.6 Å². The van der Waals surface area contributed by atoms with Crippen molar-refractivity contribution in [1.29, 1.82) is 0 Å². The van der Waals surface area contributed by atoms with Crippen molar-refractivity contribution in [1.82, 2.24) is 19.8 Å². The Balaban J connectivity index is 1.22. The van der Waals surface area contributed by atoms with E-state index in [1.807, 2.05) is 36.6 Å². The van der Waals surface area contributed by atoms with E-state index in [1.165, 1.54) is 38.5 Å². The molecule has 32 heavy (non-hydrogen) atoms. The van der Waals surface area contributed by atoms with Gasteiger partial charge in [0.2, 0.25) is 11.1 Å². The molecule has 0 saturated heterocycles. The van der Waals surface area contributed by atoms with Gasteiger partial charge in [0.15, 0.2) is 11.5 Å². The maximum absolute atomic E-state index is 12.6. The Morgan fingerprint density at radius 3 is 2.53 bits per heavy atom. The molecular weight excluding hydrogens is 444 g/mol. The van der Waals surface area contributed by atoms with E-state index in [4.69, 9.17) is 15.8 Å². The first-order chi connectivity index (χ1) is 15.4. The zero-order valence-electron chi connectivity index (χ0n) is 18.6. The van der Waals surface area contributed by atoms with Gasteiger partial charge in [-0.25, -0.2) is 8.72 Å². The fraction of sp³-hybridized carbons (Fsp3) is 0.583. The molecule has 4 bridgehead atoms. The fourth-order valence-corrected chi connectivity index (χ4v) is 8.07. The van der Waals surface area contributed by atoms with Crippen LogP contribution in [0, 0.1) is 31.6 Å². The van der Waals surface area contributed by atoms with E-state index in [1.54, 1.807) is 0 Å². The summed E-state index contributed by atoms with van der Waals surface area (Å²) >= 11 is 5.42. The number of rotatable bonds is 6. The summed E-state index contributed by atoms with van der Waals surface area (Å²) in [6.45, 7) is 3.96. The van der Waals surface area contributed by atoms with Gasteiger partial charge in [-0.1, -0.05) is 23.7 Å². The van der Waals surface area contributed by atoms with Crippen molar-refractivity contribution < 1.29 is 8.39 Å². The highest BCUT2D eigenvalue weighted by Crippen LogP contribution is 2.61. The minimum atomic E-state index is -1.45. The Labute approximate surface area is 195 Å². The highest BCUT2D eigenvalue weighted by atomic mass is 35.5. The largest absolute Gasteiger partial charge is 0.400 e. The molecule has 4 aliphatic rings. The van der Waals surface area contributed by atoms with Gasteiger partial charge in [0.1, 0.15) is 10.8 Å². The molecule has 4 fully saturated rings. The summed E-state index contributed by atoms with van der Waals surface area (Å²) in [5.74, 6) is 4.29. The van der Waals surface area contributed by atoms with Crippen LogP contribution in [0.15, 0.2) is 18.2 Å². The van der Waals surface area contributed by atoms with E-state index < -0.39 is 11.1 Å². The van der Waals surface area contributed by atoms with Gasteiger partial charge in [-0.3, -0.25) is 5.10 Å². The van der Waals surface area contributed by atoms with Gasteiger partial charge in [-0.2, -0.15) is 0 Å². The van der Waals surface area contributed by atoms with Crippen molar-refractivity contribution in [3.63, 3.8) is 0 Å². The molecule has 4 aliphatic carbocycles. The lowest BCUT2D eigenvalue weighted by molar-refractivity contribution is -0.00727. The van der Waals surface area contributed by atoms with Crippen LogP contribution in [0.25, 0.3) is 5.65 Å². The number of benzene rings is 1. The molecule has 1 aromatic carbocycles. The highest BCUT2D eigenvalue weighted by molar-refractivity contribution is 7.80. The normalized spacial score (nSPS) is 29.7. The standard InChI is InChI=1S/C24H29ClN4O2S/c1-14-3-4-15(2)19(7-14)31-32(30)6-5-20-26-27-23-21(25)22(28-29(20)23)24-11-16-8-17(12-24)10-18(9-16)13-24/h3-4,7,16-18,28H,5-6,8-13H2,1-2H3. The molecule has 3 aromatic rings. The van der Waals surface area contributed by atoms with Crippen molar-refractivity contribution >= 4 is 28.3 Å². The topological polar surface area (TPSA) is 72.3 Å². The van der Waals surface area contributed by atoms with Crippen LogP contribution in [-0.4, -0.2) is 29.8 Å². The van der Waals surface area contributed by atoms with Gasteiger partial charge >= 0.3 is 0 Å². The third-order valence-electron chi connectivity index (χ3n) is 7.96. The van der Waals surface area contributed by atoms with E-state index in [2.05, 4.69) is 15.3 Å². The quantitative estimate of drug-likeness (QED) is 0.543. The molecule has 7 rings (SSSR count). The smallest absolute Gasteiger partial charge is 0.206 e. The van der Waals surface area contributed by atoms with E-state index >= 15 is 0 Å². The van der Waals surface area contributed by atoms with Crippen molar-refractivity contribution in [2.24, 2.45) is 17.8 Å². The first kappa shape index (κ1) is 20.7. The number of aromatic amines is 1. The average molecular weight is 473 g/mol. The first-order valence-electron chi connectivity index (χ1n) is 11.7. The molecule has 2 heterocycles. The fourth-order valence-electron chi connectivity index (χ4n) is 6.89. The number of hydrogen-bond acceptors (Lipinski definition) is 4. The van der Waals surface area contributed by atoms with Crippen LogP contribution in [-0.2, 0) is 22.9 Å². The molecule has 0 radical (unpaired) electrons. The Kier molecular flexibility index (Phi) is 4.92. The number of fused-ring (bicyclic) bond motifs is 1. The van der Waals surface area contributed by atoms with Crippen LogP contribution in [0.4, 0.5) is 0 Å². The summed E-state index contributed by atoms with van der Waals surface area (Å²) in [7, 11) is 0. The third-order valence-corrected chi connectivity index (χ3v) is 9.22. The molecule has 0 spiro atoms. The Morgan fingerprint density at radius 2 is 1.84 bits per heavy atom. The van der Waals surface area contributed by atoms with Crippen LogP contribution in [0.1, 0.15) is 61.2 Å². The lowest BCUT2D eigenvalue weighted by atomic mass is 9.49. The molecule has 1 N–H and O–H groups in total. The summed E-state index contributed by atoms with van der Waals surface area (Å²) in [6, 6.07) is 5.93. The van der Waals surface area contributed by atoms with Crippen LogP contribution in [0.2, 0.25) is 5.02 Å². The van der Waals surface area contributed by atoms with Crippen molar-refractivity contribution in [2.75, 3.05) is 5.75 Å². The lowest BCUT2D eigenvalue weighted by Gasteiger charge is -2.56. The van der Waals surface area contributed by atoms with Gasteiger partial charge in [0.25, 0.3) is 0 Å². The monoisotopic (exact) mass is 472 g/mol. The van der Waals surface area contributed by atoms with Crippen molar-refractivity contribution in [3.8, 4) is 5.75 Å². The summed E-state index contributed by atoms with van der Waals surface area (Å²) in [4.78, 5) is 0. The zero-order chi connectivity index (χ0) is 22.0. The van der Waals surface area contributed by atoms with Gasteiger partial charge in [0.05, 0.1) is 11.4 Å². The van der Waals surface area contributed by atoms with E-state index in [-0.39, 0.29) is 5.41 Å². The summed E-state index contributed by atoms with van der Waals surface area (Å²) in [5, 5.41) is 13.0. The van der Waals surface area contributed by atoms with Gasteiger partial charge in [-0.15, -0.1) is 10.2 Å². The Bertz CT molecular complexity index is 1180. The van der Waals surface area contributed by atoms with Crippen molar-refractivity contribution in [2.45, 2.75) is 64.2 Å². The van der Waals surface area contributed by atoms with Crippen LogP contribution in [0.3, 0.4) is 0 Å². The Hall–Kier alpha value is -1.86. The van der Waals surface area contributed by atoms with Crippen molar-refractivity contribution in [3.05, 3.63) is 45.9 Å². The molecule has 6 nitrogen and oxygen atoms in total. The zero-order valence-corrected chi connectivity index (χ0v) is 20.1. The van der Waals surface area contributed by atoms with E-state index in [0.717, 1.165) is 45.4 Å². The number of halogens is 1. The van der Waals surface area contributed by atoms with Crippen LogP contribution < -0.4 is 4.18 Å². The molecule has 8 heteroatoms. The molecule has 170 valence electrons. The molecular formula is C24H29ClN4O2S. The number of aryl methyl sites for hydroxylation is 3. The number of nitrogens with one attached hydrogen (secondary N) is 1. The van der Waals surface area contributed by atoms with E-state index in [9.17, 15) is 4.21 Å². The molecule has 1 atom stereocenters. The summed E-state index contributed by atoms with van der Waals surface area (Å²) < 4.78 is 20.2. The highest BCUT2D eigenvalue weighted by Gasteiger charge is 2.53. The summed E-state index contributed by atoms with van der Waals surface area (Å²) in [5.41, 5.74) is 4.06. The Morgan fingerprint density at radius 1 is 1.16 bits per heavy atom. The second kappa shape index (κ2) is 7.59. The molecule has 0 amide bonds. The number of aromatic nitrogens is 4. The molecule has 4 saturated carbocycles. The second-order valence-electron chi connectivity index (χ2n) is 10.4. The van der Waals surface area contributed by atoms with Gasteiger partial charge < -0.3 is 4.18 Å². The molecule has 1 unspecified atom stereocenters. The number of nitrogens with zero attached hydrogens (tertiary/aromatic N) is 3. The second-order valence-corrected chi connectivity index (χ2v) is 11.9. The minimum absolute atomic E-state index is 0.165. The van der Waals surface area contributed by atoms with Crippen LogP contribution >= 0.6 is 11.6 Å². The maximum atomic E-state index is 12.6. The minimum Gasteiger partial charge on any atom is -0.400 e. The molecule has 2 aromatic heterocycles. The van der Waals surface area contributed by atoms with Crippen LogP contribution in [0.5, 0.6) is 5.75 Å². The van der Waals surface area contributed by atoms with Gasteiger partial charge in [0, 0.05) is 11.8 Å². The summed E-state index contributed by atoms with van der Waals surface area (Å²) in [6.07, 6.45) is 8.39. The first-order valence-corrected chi connectivity index (χ1v) is 13.3. The number of H-pyrrole nitrogens is 1. The lowest BCUT2D eigenvalue weighted by Crippen LogP contribution is -2.48. The average Bonchev–Trinajstić information content (AvgIpc) is 3.29. The maximum Gasteiger partial charge on any atom is 0.206 e. The SMILES string of the molecule is Cc1ccc(C)c(OS(=O)CCc2nnc3c(Cl)c(C45CC6CC(CC(C6)C4)C5)[nH]n23)c1. The predicted octanol–water partition coefficient (Wildman–Crippen LogP) is 5.08. The third kappa shape index (κ3) is 3.39. The molecule has 0 aliphatic heterocycles. The van der Waals surface area contributed by atoms with Gasteiger partial charge in [-0.05, 0) is 87.3 Å². The number of hydrogen-bond donors (Lipinski definition) is 1.